The topological polar surface area (TPSA) is 49.0 Å². The van der Waals surface area contributed by atoms with Crippen LogP contribution in [0, 0.1) is 11.3 Å². The third kappa shape index (κ3) is 2.16. The van der Waals surface area contributed by atoms with E-state index < -0.39 is 0 Å². The van der Waals surface area contributed by atoms with Gasteiger partial charge in [0.1, 0.15) is 5.75 Å². The lowest BCUT2D eigenvalue weighted by molar-refractivity contribution is 0.475. The van der Waals surface area contributed by atoms with Crippen LogP contribution in [0.15, 0.2) is 54.7 Å². The summed E-state index contributed by atoms with van der Waals surface area (Å²) in [5, 5.41) is 19.4. The number of nitrogens with zero attached hydrogens (tertiary/aromatic N) is 2. The highest BCUT2D eigenvalue weighted by Gasteiger charge is 2.03. The van der Waals surface area contributed by atoms with Gasteiger partial charge in [-0.05, 0) is 41.3 Å². The van der Waals surface area contributed by atoms with Crippen LogP contribution in [-0.4, -0.2) is 9.67 Å². The number of fused-ring (bicyclic) bond motifs is 1. The molecule has 0 spiro atoms. The van der Waals surface area contributed by atoms with E-state index in [1.165, 1.54) is 0 Å². The maximum Gasteiger partial charge on any atom is 0.115 e. The molecule has 0 atom stereocenters. The number of phenols is 1. The van der Waals surface area contributed by atoms with Crippen molar-refractivity contribution >= 4 is 10.9 Å². The minimum atomic E-state index is 0.271. The van der Waals surface area contributed by atoms with E-state index >= 15 is 0 Å². The molecule has 0 fully saturated rings. The number of aromatic hydroxyl groups is 1. The average Bonchev–Trinajstić information content (AvgIpc) is 2.84. The Hall–Kier alpha value is -2.73. The summed E-state index contributed by atoms with van der Waals surface area (Å²) in [6.45, 7) is 0.721. The summed E-state index contributed by atoms with van der Waals surface area (Å²) in [5.41, 5.74) is 2.82. The summed E-state index contributed by atoms with van der Waals surface area (Å²) < 4.78 is 2.10. The van der Waals surface area contributed by atoms with Crippen LogP contribution in [0.1, 0.15) is 11.1 Å². The van der Waals surface area contributed by atoms with E-state index in [2.05, 4.69) is 10.6 Å². The van der Waals surface area contributed by atoms with Crippen LogP contribution < -0.4 is 0 Å². The van der Waals surface area contributed by atoms with Gasteiger partial charge in [-0.1, -0.05) is 18.2 Å². The van der Waals surface area contributed by atoms with Crippen LogP contribution in [0.4, 0.5) is 0 Å². The average molecular weight is 248 g/mol. The van der Waals surface area contributed by atoms with Gasteiger partial charge in [-0.2, -0.15) is 5.26 Å². The van der Waals surface area contributed by atoms with Crippen molar-refractivity contribution < 1.29 is 5.11 Å². The van der Waals surface area contributed by atoms with Crippen LogP contribution in [0.25, 0.3) is 10.9 Å². The molecule has 92 valence electrons. The SMILES string of the molecule is N#Cc1ccc2ccn(Cc3ccc(O)cc3)c2c1. The van der Waals surface area contributed by atoms with Gasteiger partial charge in [-0.15, -0.1) is 0 Å². The molecule has 3 heteroatoms. The smallest absolute Gasteiger partial charge is 0.115 e. The zero-order valence-corrected chi connectivity index (χ0v) is 10.2. The lowest BCUT2D eigenvalue weighted by Crippen LogP contribution is -1.97. The van der Waals surface area contributed by atoms with Crippen LogP contribution in [0.2, 0.25) is 0 Å². The molecule has 0 saturated heterocycles. The van der Waals surface area contributed by atoms with E-state index in [-0.39, 0.29) is 5.75 Å². The van der Waals surface area contributed by atoms with Crippen molar-refractivity contribution in [2.75, 3.05) is 0 Å². The predicted molar refractivity (Wildman–Crippen MR) is 73.9 cm³/mol. The van der Waals surface area contributed by atoms with Crippen molar-refractivity contribution in [1.29, 1.82) is 5.26 Å². The summed E-state index contributed by atoms with van der Waals surface area (Å²) in [6, 6.07) is 17.0. The van der Waals surface area contributed by atoms with Crippen LogP contribution in [-0.2, 0) is 6.54 Å². The summed E-state index contributed by atoms with van der Waals surface area (Å²) in [4.78, 5) is 0. The quantitative estimate of drug-likeness (QED) is 0.756. The van der Waals surface area contributed by atoms with Crippen LogP contribution >= 0.6 is 0 Å². The van der Waals surface area contributed by atoms with Crippen LogP contribution in [0.5, 0.6) is 5.75 Å². The second kappa shape index (κ2) is 4.51. The minimum Gasteiger partial charge on any atom is -0.508 e. The number of hydrogen-bond acceptors (Lipinski definition) is 2. The van der Waals surface area contributed by atoms with Gasteiger partial charge in [0.2, 0.25) is 0 Å². The Kier molecular flexibility index (Phi) is 2.70. The fourth-order valence-corrected chi connectivity index (χ4v) is 2.19. The Morgan fingerprint density at radius 1 is 1.05 bits per heavy atom. The monoisotopic (exact) mass is 248 g/mol. The number of hydrogen-bond donors (Lipinski definition) is 1. The van der Waals surface area contributed by atoms with Crippen molar-refractivity contribution in [2.45, 2.75) is 6.54 Å². The van der Waals surface area contributed by atoms with E-state index in [4.69, 9.17) is 5.26 Å². The summed E-state index contributed by atoms with van der Waals surface area (Å²) in [5.74, 6) is 0.271. The Labute approximate surface area is 111 Å². The molecule has 1 aromatic heterocycles. The molecule has 0 saturated carbocycles. The fourth-order valence-electron chi connectivity index (χ4n) is 2.19. The first kappa shape index (κ1) is 11.4. The third-order valence-corrected chi connectivity index (χ3v) is 3.19. The highest BCUT2D eigenvalue weighted by molar-refractivity contribution is 5.81. The molecule has 1 heterocycles. The molecule has 0 aliphatic carbocycles. The summed E-state index contributed by atoms with van der Waals surface area (Å²) in [7, 11) is 0. The van der Waals surface area contributed by atoms with Gasteiger partial charge in [-0.3, -0.25) is 0 Å². The second-order valence-electron chi connectivity index (χ2n) is 4.50. The van der Waals surface area contributed by atoms with Gasteiger partial charge >= 0.3 is 0 Å². The molecule has 2 aromatic carbocycles. The van der Waals surface area contributed by atoms with Crippen molar-refractivity contribution in [3.05, 3.63) is 65.9 Å². The molecule has 0 bridgehead atoms. The molecule has 1 N–H and O–H groups in total. The Bertz CT molecular complexity index is 764. The first-order chi connectivity index (χ1) is 9.26. The molecule has 0 aliphatic rings. The molecule has 3 rings (SSSR count). The van der Waals surface area contributed by atoms with Crippen molar-refractivity contribution in [2.24, 2.45) is 0 Å². The first-order valence-electron chi connectivity index (χ1n) is 6.03. The van der Waals surface area contributed by atoms with E-state index in [9.17, 15) is 5.11 Å². The van der Waals surface area contributed by atoms with E-state index in [1.54, 1.807) is 12.1 Å². The number of benzene rings is 2. The molecule has 3 nitrogen and oxygen atoms in total. The van der Waals surface area contributed by atoms with Crippen LogP contribution in [0.3, 0.4) is 0 Å². The van der Waals surface area contributed by atoms with E-state index in [0.29, 0.717) is 5.56 Å². The Balaban J connectivity index is 2.01. The molecule has 0 unspecified atom stereocenters. The highest BCUT2D eigenvalue weighted by atomic mass is 16.3. The molecule has 0 radical (unpaired) electrons. The molecule has 0 amide bonds. The minimum absolute atomic E-state index is 0.271. The van der Waals surface area contributed by atoms with Gasteiger partial charge in [0.05, 0.1) is 11.6 Å². The zero-order chi connectivity index (χ0) is 13.2. The molecule has 0 aliphatic heterocycles. The first-order valence-corrected chi connectivity index (χ1v) is 6.03. The Morgan fingerprint density at radius 2 is 1.84 bits per heavy atom. The molecule has 3 aromatic rings. The number of phenolic OH excluding ortho intramolecular Hbond substituents is 1. The summed E-state index contributed by atoms with van der Waals surface area (Å²) in [6.07, 6.45) is 2.01. The maximum atomic E-state index is 9.28. The van der Waals surface area contributed by atoms with Gasteiger partial charge in [0, 0.05) is 18.3 Å². The van der Waals surface area contributed by atoms with Crippen molar-refractivity contribution in [3.8, 4) is 11.8 Å². The normalized spacial score (nSPS) is 10.5. The van der Waals surface area contributed by atoms with Gasteiger partial charge in [0.25, 0.3) is 0 Å². The maximum absolute atomic E-state index is 9.28. The predicted octanol–water partition coefficient (Wildman–Crippen LogP) is 3.27. The number of aromatic nitrogens is 1. The zero-order valence-electron chi connectivity index (χ0n) is 10.2. The summed E-state index contributed by atoms with van der Waals surface area (Å²) >= 11 is 0. The highest BCUT2D eigenvalue weighted by Crippen LogP contribution is 2.19. The fraction of sp³-hybridized carbons (Fsp3) is 0.0625. The molecular formula is C16H12N2O. The lowest BCUT2D eigenvalue weighted by Gasteiger charge is -2.06. The van der Waals surface area contributed by atoms with Gasteiger partial charge in [0.15, 0.2) is 0 Å². The lowest BCUT2D eigenvalue weighted by atomic mass is 10.2. The van der Waals surface area contributed by atoms with E-state index in [1.807, 2.05) is 42.6 Å². The van der Waals surface area contributed by atoms with Crippen molar-refractivity contribution in [1.82, 2.24) is 4.57 Å². The largest absolute Gasteiger partial charge is 0.508 e. The van der Waals surface area contributed by atoms with Gasteiger partial charge in [-0.25, -0.2) is 0 Å². The van der Waals surface area contributed by atoms with E-state index in [0.717, 1.165) is 23.0 Å². The Morgan fingerprint density at radius 3 is 2.58 bits per heavy atom. The second-order valence-corrected chi connectivity index (χ2v) is 4.50. The number of rotatable bonds is 2. The molecular weight excluding hydrogens is 236 g/mol. The standard InChI is InChI=1S/C16H12N2O/c17-10-13-1-4-14-7-8-18(16(14)9-13)11-12-2-5-15(19)6-3-12/h1-9,19H,11H2. The third-order valence-electron chi connectivity index (χ3n) is 3.19. The van der Waals surface area contributed by atoms with Crippen molar-refractivity contribution in [3.63, 3.8) is 0 Å². The number of nitriles is 1. The van der Waals surface area contributed by atoms with Gasteiger partial charge < -0.3 is 9.67 Å². The molecule has 19 heavy (non-hydrogen) atoms.